The molecule has 1 atom stereocenters. The number of benzene rings is 2. The maximum absolute atomic E-state index is 6.86. The summed E-state index contributed by atoms with van der Waals surface area (Å²) in [7, 11) is 0. The molecule has 1 heterocycles. The molecular formula is C18H16BrClO. The van der Waals surface area contributed by atoms with E-state index in [-0.39, 0.29) is 5.38 Å². The molecule has 1 aliphatic heterocycles. The molecule has 0 saturated heterocycles. The van der Waals surface area contributed by atoms with Crippen LogP contribution in [0, 0.1) is 5.92 Å². The third kappa shape index (κ3) is 2.39. The number of alkyl halides is 1. The fourth-order valence-electron chi connectivity index (χ4n) is 3.56. The van der Waals surface area contributed by atoms with E-state index < -0.39 is 0 Å². The third-order valence-electron chi connectivity index (χ3n) is 4.57. The summed E-state index contributed by atoms with van der Waals surface area (Å²) in [6, 6.07) is 13.0. The van der Waals surface area contributed by atoms with Crippen molar-refractivity contribution in [2.75, 3.05) is 6.61 Å². The van der Waals surface area contributed by atoms with Gasteiger partial charge in [-0.05, 0) is 47.6 Å². The zero-order valence-electron chi connectivity index (χ0n) is 11.6. The Balaban J connectivity index is 1.67. The largest absolute Gasteiger partial charge is 0.493 e. The molecule has 1 unspecified atom stereocenters. The van der Waals surface area contributed by atoms with Crippen LogP contribution < -0.4 is 4.74 Å². The summed E-state index contributed by atoms with van der Waals surface area (Å²) in [5.41, 5.74) is 5.32. The van der Waals surface area contributed by atoms with Gasteiger partial charge in [-0.25, -0.2) is 0 Å². The van der Waals surface area contributed by atoms with Crippen molar-refractivity contribution in [1.29, 1.82) is 0 Å². The van der Waals surface area contributed by atoms with Crippen molar-refractivity contribution in [2.45, 2.75) is 24.6 Å². The first kappa shape index (κ1) is 13.7. The number of halogens is 2. The minimum Gasteiger partial charge on any atom is -0.493 e. The minimum atomic E-state index is 0.00162. The molecule has 0 spiro atoms. The van der Waals surface area contributed by atoms with Gasteiger partial charge in [-0.1, -0.05) is 40.2 Å². The molecule has 0 saturated carbocycles. The first-order chi connectivity index (χ1) is 10.2. The van der Waals surface area contributed by atoms with E-state index in [2.05, 4.69) is 52.3 Å². The van der Waals surface area contributed by atoms with E-state index in [1.54, 1.807) is 0 Å². The van der Waals surface area contributed by atoms with Gasteiger partial charge in [-0.3, -0.25) is 0 Å². The van der Waals surface area contributed by atoms with Gasteiger partial charge in [0.15, 0.2) is 0 Å². The van der Waals surface area contributed by atoms with Crippen molar-refractivity contribution in [3.8, 4) is 5.75 Å². The maximum atomic E-state index is 6.86. The fourth-order valence-corrected chi connectivity index (χ4v) is 4.42. The molecule has 1 aliphatic carbocycles. The molecule has 0 N–H and O–H groups in total. The SMILES string of the molecule is ClC(c1cc(Br)cc2c1OCC2)C1Cc2ccccc2C1. The van der Waals surface area contributed by atoms with Gasteiger partial charge in [0.05, 0.1) is 12.0 Å². The van der Waals surface area contributed by atoms with Gasteiger partial charge in [0.1, 0.15) is 5.75 Å². The van der Waals surface area contributed by atoms with Crippen molar-refractivity contribution in [1.82, 2.24) is 0 Å². The van der Waals surface area contributed by atoms with Gasteiger partial charge < -0.3 is 4.74 Å². The molecule has 2 aromatic carbocycles. The molecule has 4 rings (SSSR count). The Morgan fingerprint density at radius 3 is 2.52 bits per heavy atom. The third-order valence-corrected chi connectivity index (χ3v) is 5.62. The Hall–Kier alpha value is -0.990. The lowest BCUT2D eigenvalue weighted by molar-refractivity contribution is 0.350. The Morgan fingerprint density at radius 1 is 1.10 bits per heavy atom. The molecule has 21 heavy (non-hydrogen) atoms. The molecule has 1 nitrogen and oxygen atoms in total. The first-order valence-corrected chi connectivity index (χ1v) is 8.61. The highest BCUT2D eigenvalue weighted by molar-refractivity contribution is 9.10. The molecule has 0 amide bonds. The van der Waals surface area contributed by atoms with Gasteiger partial charge in [-0.15, -0.1) is 11.6 Å². The molecule has 0 bridgehead atoms. The lowest BCUT2D eigenvalue weighted by Crippen LogP contribution is -2.09. The quantitative estimate of drug-likeness (QED) is 0.676. The van der Waals surface area contributed by atoms with E-state index in [4.69, 9.17) is 16.3 Å². The van der Waals surface area contributed by atoms with Crippen LogP contribution in [0.1, 0.15) is 27.6 Å². The van der Waals surface area contributed by atoms with E-state index in [1.807, 2.05) is 0 Å². The number of fused-ring (bicyclic) bond motifs is 2. The van der Waals surface area contributed by atoms with Crippen molar-refractivity contribution < 1.29 is 4.74 Å². The zero-order chi connectivity index (χ0) is 14.4. The Morgan fingerprint density at radius 2 is 1.81 bits per heavy atom. The van der Waals surface area contributed by atoms with Crippen LogP contribution in [-0.4, -0.2) is 6.61 Å². The van der Waals surface area contributed by atoms with Crippen LogP contribution in [0.5, 0.6) is 5.75 Å². The van der Waals surface area contributed by atoms with Crippen LogP contribution in [0.15, 0.2) is 40.9 Å². The van der Waals surface area contributed by atoms with Gasteiger partial charge in [0, 0.05) is 16.5 Å². The van der Waals surface area contributed by atoms with Gasteiger partial charge in [0.25, 0.3) is 0 Å². The maximum Gasteiger partial charge on any atom is 0.127 e. The van der Waals surface area contributed by atoms with Gasteiger partial charge >= 0.3 is 0 Å². The zero-order valence-corrected chi connectivity index (χ0v) is 14.0. The number of hydrogen-bond donors (Lipinski definition) is 0. The minimum absolute atomic E-state index is 0.00162. The summed E-state index contributed by atoms with van der Waals surface area (Å²) in [5, 5.41) is 0.00162. The van der Waals surface area contributed by atoms with Crippen LogP contribution in [-0.2, 0) is 19.3 Å². The van der Waals surface area contributed by atoms with Crippen molar-refractivity contribution >= 4 is 27.5 Å². The molecule has 2 aliphatic rings. The Kier molecular flexibility index (Phi) is 3.47. The highest BCUT2D eigenvalue weighted by Gasteiger charge is 2.31. The molecule has 0 fully saturated rings. The number of hydrogen-bond acceptors (Lipinski definition) is 1. The summed E-state index contributed by atoms with van der Waals surface area (Å²) < 4.78 is 6.94. The number of rotatable bonds is 2. The predicted octanol–water partition coefficient (Wildman–Crippen LogP) is 5.08. The molecular weight excluding hydrogens is 348 g/mol. The number of ether oxygens (including phenoxy) is 1. The smallest absolute Gasteiger partial charge is 0.127 e. The average molecular weight is 364 g/mol. The van der Waals surface area contributed by atoms with Crippen LogP contribution in [0.3, 0.4) is 0 Å². The van der Waals surface area contributed by atoms with Crippen LogP contribution in [0.25, 0.3) is 0 Å². The molecule has 108 valence electrons. The molecule has 0 radical (unpaired) electrons. The fraction of sp³-hybridized carbons (Fsp3) is 0.333. The van der Waals surface area contributed by atoms with E-state index in [1.165, 1.54) is 16.7 Å². The van der Waals surface area contributed by atoms with Crippen molar-refractivity contribution in [3.63, 3.8) is 0 Å². The lowest BCUT2D eigenvalue weighted by Gasteiger charge is -2.20. The van der Waals surface area contributed by atoms with Gasteiger partial charge in [-0.2, -0.15) is 0 Å². The van der Waals surface area contributed by atoms with Gasteiger partial charge in [0.2, 0.25) is 0 Å². The Bertz CT molecular complexity index is 673. The van der Waals surface area contributed by atoms with Crippen LogP contribution in [0.2, 0.25) is 0 Å². The predicted molar refractivity (Wildman–Crippen MR) is 89.3 cm³/mol. The highest BCUT2D eigenvalue weighted by atomic mass is 79.9. The summed E-state index contributed by atoms with van der Waals surface area (Å²) in [4.78, 5) is 0. The topological polar surface area (TPSA) is 9.23 Å². The van der Waals surface area contributed by atoms with E-state index in [0.717, 1.165) is 41.7 Å². The van der Waals surface area contributed by atoms with Crippen LogP contribution in [0.4, 0.5) is 0 Å². The molecule has 0 aromatic heterocycles. The molecule has 3 heteroatoms. The normalized spacial score (nSPS) is 18.2. The van der Waals surface area contributed by atoms with E-state index >= 15 is 0 Å². The average Bonchev–Trinajstić information content (AvgIpc) is 3.11. The first-order valence-electron chi connectivity index (χ1n) is 7.38. The standard InChI is InChI=1S/C18H16BrClO/c19-15-9-13-5-6-21-18(13)16(10-15)17(20)14-7-11-3-1-2-4-12(11)8-14/h1-4,9-10,14,17H,5-8H2. The summed E-state index contributed by atoms with van der Waals surface area (Å²) in [6.45, 7) is 0.771. The summed E-state index contributed by atoms with van der Waals surface area (Å²) in [6.07, 6.45) is 3.10. The summed E-state index contributed by atoms with van der Waals surface area (Å²) >= 11 is 10.5. The second-order valence-electron chi connectivity index (χ2n) is 5.92. The second kappa shape index (κ2) is 5.33. The van der Waals surface area contributed by atoms with E-state index in [9.17, 15) is 0 Å². The van der Waals surface area contributed by atoms with Crippen molar-refractivity contribution in [2.24, 2.45) is 5.92 Å². The highest BCUT2D eigenvalue weighted by Crippen LogP contribution is 2.45. The van der Waals surface area contributed by atoms with Crippen molar-refractivity contribution in [3.05, 3.63) is 63.1 Å². The lowest BCUT2D eigenvalue weighted by atomic mass is 9.94. The van der Waals surface area contributed by atoms with Crippen LogP contribution >= 0.6 is 27.5 Å². The van der Waals surface area contributed by atoms with E-state index in [0.29, 0.717) is 5.92 Å². The summed E-state index contributed by atoms with van der Waals surface area (Å²) in [5.74, 6) is 1.47. The second-order valence-corrected chi connectivity index (χ2v) is 7.31. The monoisotopic (exact) mass is 362 g/mol. The molecule has 2 aromatic rings. The Labute approximate surface area is 138 Å².